The highest BCUT2D eigenvalue weighted by molar-refractivity contribution is 5.09. The van der Waals surface area contributed by atoms with Crippen molar-refractivity contribution in [2.45, 2.75) is 118 Å². The van der Waals surface area contributed by atoms with Crippen molar-refractivity contribution in [1.82, 2.24) is 0 Å². The highest BCUT2D eigenvalue weighted by Gasteiger charge is 2.60. The van der Waals surface area contributed by atoms with Crippen molar-refractivity contribution in [2.24, 2.45) is 52.3 Å². The molecule has 1 unspecified atom stereocenters. The monoisotopic (exact) mass is 390 g/mol. The van der Waals surface area contributed by atoms with E-state index < -0.39 is 6.17 Å². The van der Waals surface area contributed by atoms with E-state index in [1.165, 1.54) is 64.2 Å². The minimum atomic E-state index is -0.508. The number of fused-ring (bicyclic) bond motifs is 5. The van der Waals surface area contributed by atoms with Gasteiger partial charge in [-0.15, -0.1) is 0 Å². The second-order valence-corrected chi connectivity index (χ2v) is 12.6. The van der Waals surface area contributed by atoms with Gasteiger partial charge < -0.3 is 0 Å². The molecular formula is C27H47F. The van der Waals surface area contributed by atoms with E-state index in [1.807, 2.05) is 0 Å². The van der Waals surface area contributed by atoms with Gasteiger partial charge >= 0.3 is 0 Å². The molecule has 0 aliphatic heterocycles. The molecule has 4 rings (SSSR count). The number of halogens is 1. The molecule has 4 saturated carbocycles. The third-order valence-corrected chi connectivity index (χ3v) is 10.8. The Balaban J connectivity index is 1.46. The molecule has 0 bridgehead atoms. The summed E-state index contributed by atoms with van der Waals surface area (Å²) in [5, 5.41) is 0. The normalized spacial score (nSPS) is 49.4. The summed E-state index contributed by atoms with van der Waals surface area (Å²) in [6, 6.07) is 0. The van der Waals surface area contributed by atoms with Gasteiger partial charge in [-0.1, -0.05) is 53.9 Å². The maximum Gasteiger partial charge on any atom is 0.100 e. The van der Waals surface area contributed by atoms with Crippen molar-refractivity contribution in [2.75, 3.05) is 0 Å². The summed E-state index contributed by atoms with van der Waals surface area (Å²) in [5.41, 5.74) is 1.05. The SMILES string of the molecule is CC(C)CCC[C@@H](C)[C@H]1CC[C@H]2[C@@H]3CCC4C[C@H](F)CC[C@]4(C)[C@H]3CC[C@]12C. The highest BCUT2D eigenvalue weighted by Crippen LogP contribution is 2.68. The first-order valence-electron chi connectivity index (χ1n) is 12.9. The van der Waals surface area contributed by atoms with E-state index in [-0.39, 0.29) is 0 Å². The standard InChI is InChI=1S/C27H47F/c1-18(2)7-6-8-19(3)23-11-12-24-22-10-9-20-17-21(28)13-15-26(20,4)25(22)14-16-27(23,24)5/h18-25H,6-17H2,1-5H3/t19-,20?,21-,22+,23-,24+,25+,26+,27-/m1/s1. The van der Waals surface area contributed by atoms with E-state index in [1.54, 1.807) is 0 Å². The minimum absolute atomic E-state index is 0.452. The molecule has 0 saturated heterocycles. The average molecular weight is 391 g/mol. The van der Waals surface area contributed by atoms with Gasteiger partial charge in [0.25, 0.3) is 0 Å². The summed E-state index contributed by atoms with van der Waals surface area (Å²) in [4.78, 5) is 0. The minimum Gasteiger partial charge on any atom is -0.247 e. The quantitative estimate of drug-likeness (QED) is 0.441. The Bertz CT molecular complexity index is 540. The Morgan fingerprint density at radius 2 is 1.54 bits per heavy atom. The molecule has 0 aromatic rings. The predicted octanol–water partition coefficient (Wildman–Crippen LogP) is 8.45. The Morgan fingerprint density at radius 1 is 0.821 bits per heavy atom. The van der Waals surface area contributed by atoms with Gasteiger partial charge in [-0.2, -0.15) is 0 Å². The van der Waals surface area contributed by atoms with E-state index in [9.17, 15) is 4.39 Å². The zero-order valence-corrected chi connectivity index (χ0v) is 19.5. The van der Waals surface area contributed by atoms with E-state index in [0.29, 0.717) is 16.7 Å². The fourth-order valence-electron chi connectivity index (χ4n) is 9.23. The van der Waals surface area contributed by atoms with Gasteiger partial charge in [0.2, 0.25) is 0 Å². The predicted molar refractivity (Wildman–Crippen MR) is 118 cm³/mol. The van der Waals surface area contributed by atoms with Gasteiger partial charge in [-0.3, -0.25) is 0 Å². The van der Waals surface area contributed by atoms with Crippen molar-refractivity contribution in [1.29, 1.82) is 0 Å². The molecule has 0 nitrogen and oxygen atoms in total. The molecule has 4 aliphatic carbocycles. The van der Waals surface area contributed by atoms with Gasteiger partial charge in [0.15, 0.2) is 0 Å². The summed E-state index contributed by atoms with van der Waals surface area (Å²) in [7, 11) is 0. The van der Waals surface area contributed by atoms with Crippen molar-refractivity contribution >= 4 is 0 Å². The first kappa shape index (κ1) is 21.2. The molecule has 4 fully saturated rings. The lowest BCUT2D eigenvalue weighted by molar-refractivity contribution is -0.122. The second-order valence-electron chi connectivity index (χ2n) is 12.6. The molecule has 28 heavy (non-hydrogen) atoms. The smallest absolute Gasteiger partial charge is 0.100 e. The van der Waals surface area contributed by atoms with Crippen LogP contribution in [0.5, 0.6) is 0 Å². The van der Waals surface area contributed by atoms with Crippen LogP contribution in [0.15, 0.2) is 0 Å². The summed E-state index contributed by atoms with van der Waals surface area (Å²) in [5.74, 6) is 6.19. The van der Waals surface area contributed by atoms with E-state index in [2.05, 4.69) is 34.6 Å². The number of alkyl halides is 1. The van der Waals surface area contributed by atoms with E-state index in [4.69, 9.17) is 0 Å². The summed E-state index contributed by atoms with van der Waals surface area (Å²) in [6.45, 7) is 12.6. The molecule has 0 radical (unpaired) electrons. The lowest BCUT2D eigenvalue weighted by Crippen LogP contribution is -2.53. The number of hydrogen-bond acceptors (Lipinski definition) is 0. The maximum absolute atomic E-state index is 14.1. The molecular weight excluding hydrogens is 343 g/mol. The first-order chi connectivity index (χ1) is 13.3. The van der Waals surface area contributed by atoms with Crippen LogP contribution >= 0.6 is 0 Å². The van der Waals surface area contributed by atoms with Crippen LogP contribution < -0.4 is 0 Å². The highest BCUT2D eigenvalue weighted by atomic mass is 19.1. The van der Waals surface area contributed by atoms with E-state index in [0.717, 1.165) is 48.3 Å². The van der Waals surface area contributed by atoms with Crippen LogP contribution in [0.1, 0.15) is 112 Å². The Labute approximate surface area is 174 Å². The molecule has 1 heteroatoms. The third-order valence-electron chi connectivity index (χ3n) is 10.8. The van der Waals surface area contributed by atoms with Crippen LogP contribution in [0.3, 0.4) is 0 Å². The van der Waals surface area contributed by atoms with Gasteiger partial charge in [0.1, 0.15) is 6.17 Å². The maximum atomic E-state index is 14.1. The van der Waals surface area contributed by atoms with Gasteiger partial charge in [-0.25, -0.2) is 4.39 Å². The lowest BCUT2D eigenvalue weighted by atomic mass is 9.44. The second kappa shape index (κ2) is 7.88. The number of rotatable bonds is 5. The van der Waals surface area contributed by atoms with Crippen molar-refractivity contribution in [3.05, 3.63) is 0 Å². The van der Waals surface area contributed by atoms with Crippen LogP contribution in [-0.4, -0.2) is 6.17 Å². The Hall–Kier alpha value is -0.0700. The van der Waals surface area contributed by atoms with Crippen LogP contribution in [0.2, 0.25) is 0 Å². The molecule has 162 valence electrons. The fraction of sp³-hybridized carbons (Fsp3) is 1.00. The molecule has 0 amide bonds. The fourth-order valence-corrected chi connectivity index (χ4v) is 9.23. The zero-order valence-electron chi connectivity index (χ0n) is 19.5. The molecule has 4 aliphatic rings. The van der Waals surface area contributed by atoms with Crippen LogP contribution in [0.4, 0.5) is 4.39 Å². The van der Waals surface area contributed by atoms with Crippen molar-refractivity contribution in [3.8, 4) is 0 Å². The van der Waals surface area contributed by atoms with Crippen LogP contribution in [0.25, 0.3) is 0 Å². The zero-order chi connectivity index (χ0) is 20.1. The summed E-state index contributed by atoms with van der Waals surface area (Å²) < 4.78 is 14.1. The van der Waals surface area contributed by atoms with Crippen LogP contribution in [0, 0.1) is 52.3 Å². The largest absolute Gasteiger partial charge is 0.247 e. The molecule has 9 atom stereocenters. The lowest BCUT2D eigenvalue weighted by Gasteiger charge is -2.61. The van der Waals surface area contributed by atoms with Crippen molar-refractivity contribution < 1.29 is 4.39 Å². The molecule has 0 aromatic carbocycles. The molecule has 0 heterocycles. The van der Waals surface area contributed by atoms with Gasteiger partial charge in [-0.05, 0) is 110 Å². The Morgan fingerprint density at radius 3 is 2.29 bits per heavy atom. The van der Waals surface area contributed by atoms with E-state index >= 15 is 0 Å². The Kier molecular flexibility index (Phi) is 5.96. The average Bonchev–Trinajstić information content (AvgIpc) is 2.99. The van der Waals surface area contributed by atoms with Gasteiger partial charge in [0, 0.05) is 0 Å². The van der Waals surface area contributed by atoms with Crippen LogP contribution in [-0.2, 0) is 0 Å². The molecule has 0 spiro atoms. The third kappa shape index (κ3) is 3.49. The first-order valence-corrected chi connectivity index (χ1v) is 12.9. The van der Waals surface area contributed by atoms with Crippen molar-refractivity contribution in [3.63, 3.8) is 0 Å². The topological polar surface area (TPSA) is 0 Å². The molecule has 0 aromatic heterocycles. The summed E-state index contributed by atoms with van der Waals surface area (Å²) in [6.07, 6.45) is 15.2. The molecule has 0 N–H and O–H groups in total. The summed E-state index contributed by atoms with van der Waals surface area (Å²) >= 11 is 0. The number of hydrogen-bond donors (Lipinski definition) is 0. The van der Waals surface area contributed by atoms with Gasteiger partial charge in [0.05, 0.1) is 0 Å².